The zero-order chi connectivity index (χ0) is 21.1. The molecule has 0 amide bonds. The lowest BCUT2D eigenvalue weighted by Gasteiger charge is -2.48. The first kappa shape index (κ1) is 23.9. The van der Waals surface area contributed by atoms with Gasteiger partial charge in [-0.2, -0.15) is 65.9 Å². The Balaban J connectivity index is 7.22. The third kappa shape index (κ3) is 3.19. The molecule has 0 fully saturated rings. The second-order valence-electron chi connectivity index (χ2n) is 4.57. The smallest absolute Gasteiger partial charge is 0.168 e. The van der Waals surface area contributed by atoms with Crippen LogP contribution in [0.15, 0.2) is 0 Å². The highest BCUT2D eigenvalue weighted by molar-refractivity contribution is 5.13. The predicted molar refractivity (Wildman–Crippen MR) is 43.9 cm³/mol. The topological polar surface area (TPSA) is 23.1 Å². The first-order valence-corrected chi connectivity index (χ1v) is 5.21. The van der Waals surface area contributed by atoms with Gasteiger partial charge >= 0.3 is 36.4 Å². The van der Waals surface area contributed by atoms with Crippen molar-refractivity contribution in [3.8, 4) is 0 Å². The second-order valence-corrected chi connectivity index (χ2v) is 4.57. The van der Waals surface area contributed by atoms with Gasteiger partial charge in [0.2, 0.25) is 5.54 Å². The summed E-state index contributed by atoms with van der Waals surface area (Å²) in [6, 6.07) is 0. The quantitative estimate of drug-likeness (QED) is 0.464. The molecule has 0 unspecified atom stereocenters. The van der Waals surface area contributed by atoms with Crippen LogP contribution in [0.2, 0.25) is 0 Å². The zero-order valence-corrected chi connectivity index (χ0v) is 11.0. The van der Waals surface area contributed by atoms with Gasteiger partial charge in [-0.3, -0.25) is 0 Å². The van der Waals surface area contributed by atoms with Crippen molar-refractivity contribution in [2.45, 2.75) is 48.9 Å². The van der Waals surface area contributed by atoms with Crippen molar-refractivity contribution in [2.24, 2.45) is 0 Å². The first-order chi connectivity index (χ1) is 10.4. The Kier molecular flexibility index (Phi) is 5.43. The van der Waals surface area contributed by atoms with Gasteiger partial charge < -0.3 is 0 Å². The van der Waals surface area contributed by atoms with Crippen LogP contribution in [-0.4, -0.2) is 47.0 Å². The highest BCUT2D eigenvalue weighted by Crippen LogP contribution is 2.60. The lowest BCUT2D eigenvalue weighted by atomic mass is 9.88. The van der Waals surface area contributed by atoms with Crippen LogP contribution in [0.25, 0.3) is 0 Å². The number of rotatable bonds is 2. The van der Waals surface area contributed by atoms with E-state index in [0.29, 0.717) is 0 Å². The number of nitrogens with zero attached hydrogens (tertiary/aromatic N) is 1. The number of halogens is 15. The van der Waals surface area contributed by atoms with Crippen LogP contribution < -0.4 is 0 Å². The molecule has 0 atom stereocenters. The monoisotopic (exact) mass is 414 g/mol. The molecule has 0 spiro atoms. The highest BCUT2D eigenvalue weighted by Gasteiger charge is 2.92. The third-order valence-corrected chi connectivity index (χ3v) is 3.05. The van der Waals surface area contributed by atoms with Crippen LogP contribution >= 0.6 is 0 Å². The lowest BCUT2D eigenvalue weighted by molar-refractivity contribution is -0.521. The molecule has 0 N–H and O–H groups in total. The van der Waals surface area contributed by atoms with E-state index in [1.54, 1.807) is 0 Å². The van der Waals surface area contributed by atoms with Crippen LogP contribution in [0.5, 0.6) is 0 Å². The molecule has 0 heterocycles. The van der Waals surface area contributed by atoms with Gasteiger partial charge in [0.25, 0.3) is 0 Å². The van der Waals surface area contributed by atoms with E-state index >= 15 is 0 Å². The largest absolute Gasteiger partial charge is 0.427 e. The molecule has 0 saturated heterocycles. The van der Waals surface area contributed by atoms with Crippen LogP contribution in [0.4, 0.5) is 65.9 Å². The average molecular weight is 414 g/mol. The van der Waals surface area contributed by atoms with Crippen LogP contribution in [0.3, 0.4) is 0 Å². The summed E-state index contributed by atoms with van der Waals surface area (Å²) in [7, 11) is 0. The Hall–Kier alpha value is -1.13. The van der Waals surface area contributed by atoms with Crippen molar-refractivity contribution in [1.29, 1.82) is 0 Å². The van der Waals surface area contributed by atoms with Crippen molar-refractivity contribution in [3.63, 3.8) is 0 Å². The first-order valence-electron chi connectivity index (χ1n) is 5.21. The van der Waals surface area contributed by atoms with E-state index in [1.165, 1.54) is 0 Å². The number of hydrogen-bond acceptors (Lipinski definition) is 1. The van der Waals surface area contributed by atoms with Crippen molar-refractivity contribution in [2.75, 3.05) is 0 Å². The van der Waals surface area contributed by atoms with Gasteiger partial charge in [0.15, 0.2) is 0 Å². The molecule has 0 bridgehead atoms. The molecular weight excluding hydrogens is 411 g/mol. The maximum atomic E-state index is 12.5. The Labute approximate surface area is 126 Å². The second kappa shape index (κ2) is 5.68. The van der Waals surface area contributed by atoms with E-state index in [1.807, 2.05) is 0 Å². The molecule has 2 nitrogen and oxygen atoms in total. The molecule has 17 heteroatoms. The Morgan fingerprint density at radius 1 is 0.480 bits per heavy atom. The summed E-state index contributed by atoms with van der Waals surface area (Å²) >= 11 is 0. The molecule has 0 aromatic carbocycles. The number of alkyl halides is 15. The van der Waals surface area contributed by atoms with Crippen molar-refractivity contribution < 1.29 is 71.1 Å². The fourth-order valence-electron chi connectivity index (χ4n) is 1.55. The van der Waals surface area contributed by atoms with E-state index < -0.39 is 53.9 Å². The normalized spacial score (nSPS) is 16.6. The maximum absolute atomic E-state index is 12.5. The number of hydroxylamine groups is 2. The van der Waals surface area contributed by atoms with E-state index in [9.17, 15) is 71.1 Å². The van der Waals surface area contributed by atoms with Crippen LogP contribution in [0, 0.1) is 0 Å². The fraction of sp³-hybridized carbons (Fsp3) is 1.00. The third-order valence-electron chi connectivity index (χ3n) is 3.05. The molecule has 0 aromatic heterocycles. The SMILES string of the molecule is CC(N([O])C(C(F)(F)F)(C(F)(F)F)C(F)(F)F)(C(F)(F)F)C(F)(F)F. The van der Waals surface area contributed by atoms with Crippen molar-refractivity contribution >= 4 is 0 Å². The van der Waals surface area contributed by atoms with E-state index in [4.69, 9.17) is 0 Å². The van der Waals surface area contributed by atoms with Crippen molar-refractivity contribution in [3.05, 3.63) is 0 Å². The summed E-state index contributed by atoms with van der Waals surface area (Å²) in [6.45, 7) is -1.57. The molecule has 0 saturated carbocycles. The Morgan fingerprint density at radius 3 is 0.800 bits per heavy atom. The maximum Gasteiger partial charge on any atom is 0.427 e. The Bertz CT molecular complexity index is 426. The van der Waals surface area contributed by atoms with E-state index in [2.05, 4.69) is 0 Å². The van der Waals surface area contributed by atoms with Gasteiger partial charge in [-0.15, -0.1) is 5.21 Å². The van der Waals surface area contributed by atoms with Gasteiger partial charge in [0.05, 0.1) is 0 Å². The predicted octanol–water partition coefficient (Wildman–Crippen LogP) is 4.94. The molecule has 0 aromatic rings. The highest BCUT2D eigenvalue weighted by atomic mass is 19.4. The molecule has 0 aliphatic rings. The molecule has 25 heavy (non-hydrogen) atoms. The van der Waals surface area contributed by atoms with Crippen LogP contribution in [-0.2, 0) is 5.21 Å². The molecule has 1 radical (unpaired) electrons. The summed E-state index contributed by atoms with van der Waals surface area (Å²) < 4.78 is 187. The van der Waals surface area contributed by atoms with E-state index in [-0.39, 0.29) is 0 Å². The molecule has 0 aliphatic carbocycles. The van der Waals surface area contributed by atoms with Gasteiger partial charge in [-0.1, -0.05) is 5.06 Å². The lowest BCUT2D eigenvalue weighted by Crippen LogP contribution is -2.81. The zero-order valence-electron chi connectivity index (χ0n) is 11.0. The summed E-state index contributed by atoms with van der Waals surface area (Å²) in [5, 5.41) is 6.95. The average Bonchev–Trinajstić information content (AvgIpc) is 2.18. The van der Waals surface area contributed by atoms with Crippen LogP contribution in [0.1, 0.15) is 6.92 Å². The fourth-order valence-corrected chi connectivity index (χ4v) is 1.55. The van der Waals surface area contributed by atoms with Gasteiger partial charge in [0.1, 0.15) is 0 Å². The Morgan fingerprint density at radius 2 is 0.680 bits per heavy atom. The molecular formula is C8H3F15NO. The molecule has 0 rings (SSSR count). The van der Waals surface area contributed by atoms with Crippen molar-refractivity contribution in [1.82, 2.24) is 5.06 Å². The van der Waals surface area contributed by atoms with Gasteiger partial charge in [-0.25, -0.2) is 0 Å². The van der Waals surface area contributed by atoms with Gasteiger partial charge in [0, 0.05) is 0 Å². The number of hydrogen-bond donors (Lipinski definition) is 0. The standard InChI is InChI=1S/C8H3F15NO/c1-2(4(9,10)11,5(12,13)14)24(25)3(6(15,16)17,7(18,19)20)8(21,22)23/h1H3. The van der Waals surface area contributed by atoms with E-state index in [0.717, 1.165) is 0 Å². The minimum atomic E-state index is -7.99. The molecule has 151 valence electrons. The molecule has 0 aliphatic heterocycles. The summed E-state index contributed by atoms with van der Waals surface area (Å²) in [4.78, 5) is 0. The minimum Gasteiger partial charge on any atom is -0.168 e. The summed E-state index contributed by atoms with van der Waals surface area (Å²) in [5.74, 6) is 0. The summed E-state index contributed by atoms with van der Waals surface area (Å²) in [6.07, 6.45) is -38.4. The van der Waals surface area contributed by atoms with Gasteiger partial charge in [-0.05, 0) is 6.92 Å². The minimum absolute atomic E-state index is 1.57. The summed E-state index contributed by atoms with van der Waals surface area (Å²) in [5.41, 5.74) is -14.7.